The number of carbonyl (C=O) groups is 1. The van der Waals surface area contributed by atoms with Crippen molar-refractivity contribution in [3.8, 4) is 5.75 Å². The van der Waals surface area contributed by atoms with Crippen LogP contribution in [-0.4, -0.2) is 33.8 Å². The van der Waals surface area contributed by atoms with E-state index in [1.807, 2.05) is 0 Å². The zero-order valence-corrected chi connectivity index (χ0v) is 22.8. The number of hydrogen-bond acceptors (Lipinski definition) is 3. The molecule has 186 valence electrons. The normalized spacial score (nSPS) is 19.0. The van der Waals surface area contributed by atoms with Gasteiger partial charge in [-0.2, -0.15) is 0 Å². The van der Waals surface area contributed by atoms with Crippen molar-refractivity contribution in [1.82, 2.24) is 4.90 Å². The molecule has 0 atom stereocenters. The summed E-state index contributed by atoms with van der Waals surface area (Å²) in [5, 5.41) is 11.0. The van der Waals surface area contributed by atoms with E-state index < -0.39 is 0 Å². The highest BCUT2D eigenvalue weighted by Crippen LogP contribution is 2.42. The van der Waals surface area contributed by atoms with E-state index in [2.05, 4.69) is 58.6 Å². The summed E-state index contributed by atoms with van der Waals surface area (Å²) < 4.78 is 0. The topological polar surface area (TPSA) is 40.5 Å². The first kappa shape index (κ1) is 26.4. The molecule has 2 fully saturated rings. The molecule has 33 heavy (non-hydrogen) atoms. The SMILES string of the molecule is CC(C)(C)c1cc(SCCC(=O)N(C2CCCCC2)C2CCCCC2)cc(C(C)(C)C)c1O. The average molecular weight is 474 g/mol. The first-order chi connectivity index (χ1) is 15.5. The molecule has 2 saturated carbocycles. The Morgan fingerprint density at radius 1 is 0.848 bits per heavy atom. The first-order valence-electron chi connectivity index (χ1n) is 13.3. The Kier molecular flexibility index (Phi) is 8.86. The predicted octanol–water partition coefficient (Wildman–Crippen LogP) is 7.96. The van der Waals surface area contributed by atoms with Crippen molar-refractivity contribution in [3.63, 3.8) is 0 Å². The molecule has 2 aliphatic rings. The zero-order chi connectivity index (χ0) is 24.2. The molecular formula is C29H47NO2S. The molecule has 0 radical (unpaired) electrons. The van der Waals surface area contributed by atoms with Crippen LogP contribution >= 0.6 is 11.8 Å². The van der Waals surface area contributed by atoms with Crippen LogP contribution in [0.25, 0.3) is 0 Å². The monoisotopic (exact) mass is 473 g/mol. The Balaban J connectivity index is 1.72. The number of rotatable bonds is 6. The van der Waals surface area contributed by atoms with Crippen LogP contribution in [0.2, 0.25) is 0 Å². The highest BCUT2D eigenvalue weighted by Gasteiger charge is 2.32. The van der Waals surface area contributed by atoms with E-state index in [1.54, 1.807) is 11.8 Å². The van der Waals surface area contributed by atoms with Gasteiger partial charge in [0, 0.05) is 40.3 Å². The van der Waals surface area contributed by atoms with Crippen LogP contribution in [0.3, 0.4) is 0 Å². The molecule has 3 nitrogen and oxygen atoms in total. The zero-order valence-electron chi connectivity index (χ0n) is 22.0. The minimum atomic E-state index is -0.130. The van der Waals surface area contributed by atoms with Crippen molar-refractivity contribution in [2.45, 2.75) is 140 Å². The van der Waals surface area contributed by atoms with Gasteiger partial charge in [0.05, 0.1) is 0 Å². The molecule has 3 rings (SSSR count). The summed E-state index contributed by atoms with van der Waals surface area (Å²) in [4.78, 5) is 17.0. The fraction of sp³-hybridized carbons (Fsp3) is 0.759. The lowest BCUT2D eigenvalue weighted by atomic mass is 9.79. The second kappa shape index (κ2) is 11.1. The van der Waals surface area contributed by atoms with Crippen LogP contribution in [0, 0.1) is 0 Å². The van der Waals surface area contributed by atoms with Gasteiger partial charge in [-0.05, 0) is 48.6 Å². The van der Waals surface area contributed by atoms with Crippen molar-refractivity contribution in [3.05, 3.63) is 23.3 Å². The highest BCUT2D eigenvalue weighted by atomic mass is 32.2. The maximum Gasteiger partial charge on any atom is 0.223 e. The molecule has 4 heteroatoms. The summed E-state index contributed by atoms with van der Waals surface area (Å²) in [6, 6.07) is 5.21. The fourth-order valence-corrected chi connectivity index (χ4v) is 6.56. The van der Waals surface area contributed by atoms with Gasteiger partial charge in [-0.1, -0.05) is 80.1 Å². The van der Waals surface area contributed by atoms with Gasteiger partial charge in [0.2, 0.25) is 5.91 Å². The Morgan fingerprint density at radius 2 is 1.27 bits per heavy atom. The fourth-order valence-electron chi connectivity index (χ4n) is 5.64. The maximum absolute atomic E-state index is 13.5. The Morgan fingerprint density at radius 3 is 1.67 bits per heavy atom. The molecule has 1 aromatic carbocycles. The van der Waals surface area contributed by atoms with Crippen LogP contribution in [-0.2, 0) is 15.6 Å². The van der Waals surface area contributed by atoms with E-state index in [0.29, 0.717) is 30.2 Å². The predicted molar refractivity (Wildman–Crippen MR) is 141 cm³/mol. The number of phenols is 1. The van der Waals surface area contributed by atoms with E-state index >= 15 is 0 Å². The molecule has 0 saturated heterocycles. The van der Waals surface area contributed by atoms with E-state index in [0.717, 1.165) is 21.8 Å². The Bertz CT molecular complexity index is 740. The molecule has 0 aliphatic heterocycles. The third-order valence-electron chi connectivity index (χ3n) is 7.51. The van der Waals surface area contributed by atoms with Gasteiger partial charge in [0.1, 0.15) is 5.75 Å². The maximum atomic E-state index is 13.5. The van der Waals surface area contributed by atoms with Crippen molar-refractivity contribution < 1.29 is 9.90 Å². The summed E-state index contributed by atoms with van der Waals surface area (Å²) in [5.41, 5.74) is 1.73. The molecule has 0 heterocycles. The second-order valence-electron chi connectivity index (χ2n) is 12.4. The lowest BCUT2D eigenvalue weighted by molar-refractivity contribution is -0.137. The Hall–Kier alpha value is -1.16. The average Bonchev–Trinajstić information content (AvgIpc) is 2.75. The molecule has 1 amide bonds. The molecule has 0 bridgehead atoms. The van der Waals surface area contributed by atoms with Gasteiger partial charge in [-0.15, -0.1) is 11.8 Å². The van der Waals surface area contributed by atoms with Gasteiger partial charge in [-0.3, -0.25) is 4.79 Å². The van der Waals surface area contributed by atoms with E-state index in [9.17, 15) is 9.90 Å². The third kappa shape index (κ3) is 6.93. The number of amides is 1. The highest BCUT2D eigenvalue weighted by molar-refractivity contribution is 7.99. The van der Waals surface area contributed by atoms with Crippen molar-refractivity contribution in [1.29, 1.82) is 0 Å². The number of hydrogen-bond donors (Lipinski definition) is 1. The lowest BCUT2D eigenvalue weighted by Gasteiger charge is -2.42. The molecule has 1 N–H and O–H groups in total. The summed E-state index contributed by atoms with van der Waals surface area (Å²) in [5.74, 6) is 1.59. The van der Waals surface area contributed by atoms with Crippen LogP contribution in [0.15, 0.2) is 17.0 Å². The molecule has 1 aromatic rings. The summed E-state index contributed by atoms with van der Waals surface area (Å²) in [6.45, 7) is 12.9. The van der Waals surface area contributed by atoms with Gasteiger partial charge in [-0.25, -0.2) is 0 Å². The number of aromatic hydroxyl groups is 1. The largest absolute Gasteiger partial charge is 0.507 e. The van der Waals surface area contributed by atoms with Crippen molar-refractivity contribution in [2.24, 2.45) is 0 Å². The van der Waals surface area contributed by atoms with E-state index in [4.69, 9.17) is 0 Å². The Labute approximate surface area is 207 Å². The molecule has 0 unspecified atom stereocenters. The molecule has 2 aliphatic carbocycles. The number of benzene rings is 1. The van der Waals surface area contributed by atoms with Crippen LogP contribution in [0.5, 0.6) is 5.75 Å². The molecule has 0 aromatic heterocycles. The number of nitrogens with zero attached hydrogens (tertiary/aromatic N) is 1. The number of thioether (sulfide) groups is 1. The minimum Gasteiger partial charge on any atom is -0.507 e. The van der Waals surface area contributed by atoms with Gasteiger partial charge in [0.15, 0.2) is 0 Å². The van der Waals surface area contributed by atoms with Gasteiger partial charge in [0.25, 0.3) is 0 Å². The third-order valence-corrected chi connectivity index (χ3v) is 8.49. The minimum absolute atomic E-state index is 0.130. The summed E-state index contributed by atoms with van der Waals surface area (Å²) in [7, 11) is 0. The van der Waals surface area contributed by atoms with Gasteiger partial charge >= 0.3 is 0 Å². The summed E-state index contributed by atoms with van der Waals surface area (Å²) in [6.07, 6.45) is 13.1. The van der Waals surface area contributed by atoms with Gasteiger partial charge < -0.3 is 10.0 Å². The van der Waals surface area contributed by atoms with Crippen molar-refractivity contribution >= 4 is 17.7 Å². The van der Waals surface area contributed by atoms with Crippen LogP contribution < -0.4 is 0 Å². The quantitative estimate of drug-likeness (QED) is 0.426. The van der Waals surface area contributed by atoms with Crippen LogP contribution in [0.1, 0.15) is 123 Å². The summed E-state index contributed by atoms with van der Waals surface area (Å²) >= 11 is 1.77. The number of phenolic OH excluding ortho intramolecular Hbond substituents is 1. The van der Waals surface area contributed by atoms with E-state index in [1.165, 1.54) is 64.2 Å². The standard InChI is InChI=1S/C29H47NO2S/c1-28(2,3)24-19-23(20-25(27(24)32)29(4,5)6)33-18-17-26(31)30(21-13-9-7-10-14-21)22-15-11-8-12-16-22/h19-22,32H,7-18H2,1-6H3. The molecular weight excluding hydrogens is 426 g/mol. The van der Waals surface area contributed by atoms with Crippen molar-refractivity contribution in [2.75, 3.05) is 5.75 Å². The molecule has 0 spiro atoms. The van der Waals surface area contributed by atoms with E-state index in [-0.39, 0.29) is 10.8 Å². The lowest BCUT2D eigenvalue weighted by Crippen LogP contribution is -2.48. The number of carbonyl (C=O) groups excluding carboxylic acids is 1. The smallest absolute Gasteiger partial charge is 0.223 e. The first-order valence-corrected chi connectivity index (χ1v) is 14.3. The second-order valence-corrected chi connectivity index (χ2v) is 13.5. The van der Waals surface area contributed by atoms with Crippen LogP contribution in [0.4, 0.5) is 0 Å².